The van der Waals surface area contributed by atoms with Crippen molar-refractivity contribution in [3.8, 4) is 0 Å². The molecule has 5 nitrogen and oxygen atoms in total. The van der Waals surface area contributed by atoms with E-state index in [1.165, 1.54) is 7.11 Å². The zero-order valence-corrected chi connectivity index (χ0v) is 9.53. The lowest BCUT2D eigenvalue weighted by molar-refractivity contribution is -0.141. The van der Waals surface area contributed by atoms with E-state index in [4.69, 9.17) is 0 Å². The molecule has 0 fully saturated rings. The Morgan fingerprint density at radius 3 is 2.94 bits per heavy atom. The Hall–Kier alpha value is -2.04. The van der Waals surface area contributed by atoms with Crippen molar-refractivity contribution >= 4 is 17.6 Å². The van der Waals surface area contributed by atoms with Crippen LogP contribution in [0.3, 0.4) is 0 Å². The first-order valence-corrected chi connectivity index (χ1v) is 5.39. The summed E-state index contributed by atoms with van der Waals surface area (Å²) in [4.78, 5) is 22.6. The number of anilines is 1. The Morgan fingerprint density at radius 1 is 1.47 bits per heavy atom. The fourth-order valence-electron chi connectivity index (χ4n) is 1.81. The first-order valence-electron chi connectivity index (χ1n) is 5.39. The molecule has 1 heterocycles. The molecule has 0 bridgehead atoms. The second-order valence-corrected chi connectivity index (χ2v) is 3.85. The van der Waals surface area contributed by atoms with Gasteiger partial charge >= 0.3 is 5.97 Å². The maximum Gasteiger partial charge on any atom is 0.325 e. The van der Waals surface area contributed by atoms with E-state index in [0.29, 0.717) is 6.42 Å². The molecule has 1 aliphatic rings. The van der Waals surface area contributed by atoms with Crippen LogP contribution in [-0.4, -0.2) is 31.6 Å². The quantitative estimate of drug-likeness (QED) is 0.739. The Morgan fingerprint density at radius 2 is 2.24 bits per heavy atom. The zero-order chi connectivity index (χ0) is 12.3. The van der Waals surface area contributed by atoms with Gasteiger partial charge in [-0.3, -0.25) is 9.59 Å². The van der Waals surface area contributed by atoms with Gasteiger partial charge in [0.05, 0.1) is 7.11 Å². The molecule has 90 valence electrons. The lowest BCUT2D eigenvalue weighted by Gasteiger charge is -2.10. The van der Waals surface area contributed by atoms with Crippen molar-refractivity contribution in [1.82, 2.24) is 5.32 Å². The van der Waals surface area contributed by atoms with Crippen molar-refractivity contribution in [2.75, 3.05) is 19.0 Å². The summed E-state index contributed by atoms with van der Waals surface area (Å²) in [7, 11) is 1.29. The monoisotopic (exact) mass is 234 g/mol. The Balaban J connectivity index is 1.90. The van der Waals surface area contributed by atoms with E-state index < -0.39 is 5.97 Å². The normalized spacial score (nSPS) is 16.9. The van der Waals surface area contributed by atoms with E-state index in [1.54, 1.807) is 0 Å². The predicted molar refractivity (Wildman–Crippen MR) is 62.6 cm³/mol. The maximum atomic E-state index is 11.8. The van der Waals surface area contributed by atoms with Crippen LogP contribution < -0.4 is 10.6 Å². The van der Waals surface area contributed by atoms with Gasteiger partial charge in [0, 0.05) is 12.1 Å². The molecule has 5 heteroatoms. The lowest BCUT2D eigenvalue weighted by atomic mass is 10.1. The number of carbonyl (C=O) groups excluding carboxylic acids is 2. The first kappa shape index (κ1) is 11.4. The fraction of sp³-hybridized carbons (Fsp3) is 0.333. The molecule has 17 heavy (non-hydrogen) atoms. The largest absolute Gasteiger partial charge is 0.468 e. The fourth-order valence-corrected chi connectivity index (χ4v) is 1.81. The van der Waals surface area contributed by atoms with Crippen LogP contribution in [0.2, 0.25) is 0 Å². The van der Waals surface area contributed by atoms with Crippen LogP contribution in [0.25, 0.3) is 0 Å². The van der Waals surface area contributed by atoms with E-state index in [-0.39, 0.29) is 18.5 Å². The van der Waals surface area contributed by atoms with E-state index >= 15 is 0 Å². The molecule has 1 aliphatic heterocycles. The topological polar surface area (TPSA) is 67.4 Å². The van der Waals surface area contributed by atoms with Gasteiger partial charge in [-0.2, -0.15) is 0 Å². The second kappa shape index (κ2) is 4.86. The average molecular weight is 234 g/mol. The third-order valence-electron chi connectivity index (χ3n) is 2.72. The Labute approximate surface area is 99.2 Å². The van der Waals surface area contributed by atoms with Gasteiger partial charge < -0.3 is 15.4 Å². The van der Waals surface area contributed by atoms with Crippen LogP contribution in [0, 0.1) is 0 Å². The van der Waals surface area contributed by atoms with Gasteiger partial charge in [-0.25, -0.2) is 0 Å². The number of carbonyl (C=O) groups is 2. The molecule has 0 aromatic heterocycles. The van der Waals surface area contributed by atoms with Crippen molar-refractivity contribution in [2.24, 2.45) is 0 Å². The molecule has 1 aromatic carbocycles. The molecule has 1 atom stereocenters. The van der Waals surface area contributed by atoms with E-state index in [0.717, 1.165) is 11.3 Å². The highest BCUT2D eigenvalue weighted by atomic mass is 16.5. The van der Waals surface area contributed by atoms with Gasteiger partial charge in [0.1, 0.15) is 12.6 Å². The van der Waals surface area contributed by atoms with Crippen LogP contribution in [-0.2, 0) is 20.7 Å². The van der Waals surface area contributed by atoms with Crippen molar-refractivity contribution < 1.29 is 14.3 Å². The van der Waals surface area contributed by atoms with Crippen molar-refractivity contribution in [3.63, 3.8) is 0 Å². The molecule has 2 N–H and O–H groups in total. The summed E-state index contributed by atoms with van der Waals surface area (Å²) >= 11 is 0. The second-order valence-electron chi connectivity index (χ2n) is 3.85. The minimum absolute atomic E-state index is 0.0934. The molecule has 0 saturated heterocycles. The van der Waals surface area contributed by atoms with Crippen LogP contribution in [0.5, 0.6) is 0 Å². The van der Waals surface area contributed by atoms with Gasteiger partial charge in [-0.1, -0.05) is 18.2 Å². The number of esters is 1. The number of methoxy groups -OCH3 is 1. The number of amides is 1. The molecule has 0 aliphatic carbocycles. The summed E-state index contributed by atoms with van der Waals surface area (Å²) in [6, 6.07) is 7.46. The summed E-state index contributed by atoms with van der Waals surface area (Å²) in [6.45, 7) is -0.0934. The number of fused-ring (bicyclic) bond motifs is 1. The molecular weight excluding hydrogens is 220 g/mol. The minimum Gasteiger partial charge on any atom is -0.468 e. The van der Waals surface area contributed by atoms with Crippen LogP contribution in [0.15, 0.2) is 24.3 Å². The van der Waals surface area contributed by atoms with Crippen LogP contribution in [0.1, 0.15) is 5.56 Å². The number of nitrogens with one attached hydrogen (secondary N) is 2. The number of hydrogen-bond acceptors (Lipinski definition) is 4. The average Bonchev–Trinajstić information content (AvgIpc) is 2.79. The standard InChI is InChI=1S/C12H14N2O3/c1-17-11(15)7-13-12(16)10-6-8-4-2-3-5-9(8)14-10/h2-5,10,14H,6-7H2,1H3,(H,13,16). The third kappa shape index (κ3) is 2.55. The van der Waals surface area contributed by atoms with Gasteiger partial charge in [-0.15, -0.1) is 0 Å². The number of ether oxygens (including phenoxy) is 1. The van der Waals surface area contributed by atoms with Crippen molar-refractivity contribution in [1.29, 1.82) is 0 Å². The number of benzene rings is 1. The van der Waals surface area contributed by atoms with Gasteiger partial charge in [0.2, 0.25) is 5.91 Å². The van der Waals surface area contributed by atoms with E-state index in [2.05, 4.69) is 15.4 Å². The molecule has 1 aromatic rings. The molecule has 1 unspecified atom stereocenters. The highest BCUT2D eigenvalue weighted by Crippen LogP contribution is 2.24. The highest BCUT2D eigenvalue weighted by Gasteiger charge is 2.26. The predicted octanol–water partition coefficient (Wildman–Crippen LogP) is 0.312. The van der Waals surface area contributed by atoms with E-state index in [1.807, 2.05) is 24.3 Å². The summed E-state index contributed by atoms with van der Waals surface area (Å²) in [5.41, 5.74) is 2.09. The molecule has 0 saturated carbocycles. The number of para-hydroxylation sites is 1. The molecule has 2 rings (SSSR count). The molecule has 0 spiro atoms. The van der Waals surface area contributed by atoms with Gasteiger partial charge in [-0.05, 0) is 11.6 Å². The SMILES string of the molecule is COC(=O)CNC(=O)C1Cc2ccccc2N1. The maximum absolute atomic E-state index is 11.8. The summed E-state index contributed by atoms with van der Waals surface area (Å²) in [5.74, 6) is -0.638. The molecule has 0 radical (unpaired) electrons. The minimum atomic E-state index is -0.450. The van der Waals surface area contributed by atoms with Crippen molar-refractivity contribution in [3.05, 3.63) is 29.8 Å². The first-order chi connectivity index (χ1) is 8.20. The highest BCUT2D eigenvalue weighted by molar-refractivity contribution is 5.89. The van der Waals surface area contributed by atoms with Gasteiger partial charge in [0.15, 0.2) is 0 Å². The van der Waals surface area contributed by atoms with Gasteiger partial charge in [0.25, 0.3) is 0 Å². The van der Waals surface area contributed by atoms with Crippen molar-refractivity contribution in [2.45, 2.75) is 12.5 Å². The Bertz CT molecular complexity index is 420. The third-order valence-corrected chi connectivity index (χ3v) is 2.72. The number of rotatable bonds is 3. The molecular formula is C12H14N2O3. The van der Waals surface area contributed by atoms with Crippen LogP contribution >= 0.6 is 0 Å². The Kier molecular flexibility index (Phi) is 3.27. The smallest absolute Gasteiger partial charge is 0.325 e. The van der Waals surface area contributed by atoms with E-state index in [9.17, 15) is 9.59 Å². The lowest BCUT2D eigenvalue weighted by Crippen LogP contribution is -2.41. The summed E-state index contributed by atoms with van der Waals surface area (Å²) in [6.07, 6.45) is 0.642. The number of hydrogen-bond donors (Lipinski definition) is 2. The zero-order valence-electron chi connectivity index (χ0n) is 9.53. The summed E-state index contributed by atoms with van der Waals surface area (Å²) < 4.78 is 4.45. The summed E-state index contributed by atoms with van der Waals surface area (Å²) in [5, 5.41) is 5.65. The van der Waals surface area contributed by atoms with Crippen LogP contribution in [0.4, 0.5) is 5.69 Å². The molecule has 1 amide bonds.